The molecule has 2 aromatic carbocycles. The van der Waals surface area contributed by atoms with Crippen LogP contribution in [0.4, 0.5) is 20.2 Å². The summed E-state index contributed by atoms with van der Waals surface area (Å²) in [6.07, 6.45) is 4.02. The second-order valence-electron chi connectivity index (χ2n) is 6.00. The van der Waals surface area contributed by atoms with Gasteiger partial charge < -0.3 is 5.32 Å². The number of hydrogen-bond donors (Lipinski definition) is 2. The van der Waals surface area contributed by atoms with Crippen LogP contribution >= 0.6 is 11.6 Å². The molecule has 0 aliphatic carbocycles. The third-order valence-corrected chi connectivity index (χ3v) is 4.31. The normalized spacial score (nSPS) is 10.5. The lowest BCUT2D eigenvalue weighted by molar-refractivity contribution is 0.0983. The summed E-state index contributed by atoms with van der Waals surface area (Å²) in [4.78, 5) is 32.6. The molecule has 29 heavy (non-hydrogen) atoms. The van der Waals surface area contributed by atoms with Gasteiger partial charge in [0.1, 0.15) is 18.0 Å². The number of hydrazine groups is 1. The molecule has 0 saturated carbocycles. The average molecular weight is 418 g/mol. The number of benzene rings is 2. The van der Waals surface area contributed by atoms with Crippen molar-refractivity contribution in [1.29, 1.82) is 0 Å². The minimum atomic E-state index is -0.977. The van der Waals surface area contributed by atoms with E-state index < -0.39 is 34.0 Å². The summed E-state index contributed by atoms with van der Waals surface area (Å²) in [5.41, 5.74) is 0.713. The Bertz CT molecular complexity index is 1100. The highest BCUT2D eigenvalue weighted by Crippen LogP contribution is 2.22. The maximum atomic E-state index is 13.9. The SMILES string of the molecule is Cc1ccc(NC(=O)c2cc(F)c(Cl)cc2F)cc1C(=O)N(N)c1cncnc1. The molecule has 10 heteroatoms. The number of nitrogens with zero attached hydrogens (tertiary/aromatic N) is 3. The van der Waals surface area contributed by atoms with Crippen LogP contribution in [-0.2, 0) is 0 Å². The number of hydrogen-bond acceptors (Lipinski definition) is 5. The van der Waals surface area contributed by atoms with Crippen LogP contribution in [0.1, 0.15) is 26.3 Å². The fraction of sp³-hybridized carbons (Fsp3) is 0.0526. The summed E-state index contributed by atoms with van der Waals surface area (Å²) in [7, 11) is 0. The molecule has 0 fully saturated rings. The molecule has 0 unspecified atom stereocenters. The van der Waals surface area contributed by atoms with Crippen molar-refractivity contribution < 1.29 is 18.4 Å². The van der Waals surface area contributed by atoms with E-state index in [1.807, 2.05) is 0 Å². The summed E-state index contributed by atoms with van der Waals surface area (Å²) in [6.45, 7) is 1.68. The van der Waals surface area contributed by atoms with Gasteiger partial charge in [-0.1, -0.05) is 17.7 Å². The fourth-order valence-corrected chi connectivity index (χ4v) is 2.64. The summed E-state index contributed by atoms with van der Waals surface area (Å²) in [6, 6.07) is 5.88. The van der Waals surface area contributed by atoms with Crippen molar-refractivity contribution in [3.8, 4) is 0 Å². The van der Waals surface area contributed by atoms with Gasteiger partial charge in [-0.05, 0) is 36.8 Å². The minimum Gasteiger partial charge on any atom is -0.322 e. The molecule has 1 heterocycles. The van der Waals surface area contributed by atoms with Crippen LogP contribution in [0.25, 0.3) is 0 Å². The molecule has 148 valence electrons. The first-order valence-corrected chi connectivity index (χ1v) is 8.56. The summed E-state index contributed by atoms with van der Waals surface area (Å²) in [5, 5.41) is 2.85. The third-order valence-electron chi connectivity index (χ3n) is 4.02. The van der Waals surface area contributed by atoms with Crippen LogP contribution in [0.3, 0.4) is 0 Å². The molecule has 0 spiro atoms. The van der Waals surface area contributed by atoms with E-state index >= 15 is 0 Å². The largest absolute Gasteiger partial charge is 0.322 e. The molecule has 0 aliphatic rings. The van der Waals surface area contributed by atoms with Gasteiger partial charge in [-0.2, -0.15) is 0 Å². The highest BCUT2D eigenvalue weighted by atomic mass is 35.5. The molecule has 7 nitrogen and oxygen atoms in total. The van der Waals surface area contributed by atoms with Gasteiger partial charge in [0, 0.05) is 11.3 Å². The van der Waals surface area contributed by atoms with Crippen molar-refractivity contribution in [3.63, 3.8) is 0 Å². The third kappa shape index (κ3) is 4.36. The maximum absolute atomic E-state index is 13.9. The molecule has 1 aromatic heterocycles. The van der Waals surface area contributed by atoms with Gasteiger partial charge >= 0.3 is 0 Å². The Kier molecular flexibility index (Phi) is 5.81. The summed E-state index contributed by atoms with van der Waals surface area (Å²) >= 11 is 5.49. The van der Waals surface area contributed by atoms with Gasteiger partial charge in [0.05, 0.1) is 28.7 Å². The van der Waals surface area contributed by atoms with E-state index in [9.17, 15) is 18.4 Å². The van der Waals surface area contributed by atoms with E-state index in [0.717, 1.165) is 5.01 Å². The number of rotatable bonds is 4. The fourth-order valence-electron chi connectivity index (χ4n) is 2.49. The topological polar surface area (TPSA) is 101 Å². The number of carbonyl (C=O) groups is 2. The Hall–Kier alpha value is -3.43. The minimum absolute atomic E-state index is 0.191. The van der Waals surface area contributed by atoms with Gasteiger partial charge in [-0.15, -0.1) is 0 Å². The van der Waals surface area contributed by atoms with E-state index in [0.29, 0.717) is 17.7 Å². The predicted octanol–water partition coefficient (Wildman–Crippen LogP) is 3.49. The van der Waals surface area contributed by atoms with Gasteiger partial charge in [-0.3, -0.25) is 9.59 Å². The van der Waals surface area contributed by atoms with Crippen molar-refractivity contribution in [2.45, 2.75) is 6.92 Å². The monoisotopic (exact) mass is 417 g/mol. The standard InChI is InChI=1S/C19H14ClF2N5O2/c1-10-2-3-11(26-18(28)14-5-17(22)15(20)6-16(14)21)4-13(10)19(29)27(23)12-7-24-9-25-8-12/h2-9H,23H2,1H3,(H,26,28). The van der Waals surface area contributed by atoms with Crippen LogP contribution in [0, 0.1) is 18.6 Å². The average Bonchev–Trinajstić information content (AvgIpc) is 2.71. The Morgan fingerprint density at radius 2 is 1.76 bits per heavy atom. The zero-order valence-corrected chi connectivity index (χ0v) is 15.7. The van der Waals surface area contributed by atoms with Crippen molar-refractivity contribution >= 4 is 34.8 Å². The maximum Gasteiger partial charge on any atom is 0.272 e. The number of aromatic nitrogens is 2. The Labute approximate surface area is 169 Å². The van der Waals surface area contributed by atoms with Crippen molar-refractivity contribution in [2.75, 3.05) is 10.3 Å². The quantitative estimate of drug-likeness (QED) is 0.293. The highest BCUT2D eigenvalue weighted by Gasteiger charge is 2.19. The molecule has 2 amide bonds. The van der Waals surface area contributed by atoms with Gasteiger partial charge in [-0.25, -0.2) is 29.6 Å². The molecule has 3 N–H and O–H groups in total. The van der Waals surface area contributed by atoms with Crippen molar-refractivity contribution in [2.24, 2.45) is 5.84 Å². The molecular weight excluding hydrogens is 404 g/mol. The summed E-state index contributed by atoms with van der Waals surface area (Å²) in [5.74, 6) is 2.47. The Morgan fingerprint density at radius 1 is 1.07 bits per heavy atom. The number of aryl methyl sites for hydroxylation is 1. The Morgan fingerprint density at radius 3 is 2.45 bits per heavy atom. The number of anilines is 2. The molecule has 0 radical (unpaired) electrons. The molecule has 3 aromatic rings. The molecule has 0 bridgehead atoms. The van der Waals surface area contributed by atoms with Gasteiger partial charge in [0.15, 0.2) is 0 Å². The van der Waals surface area contributed by atoms with Crippen LogP contribution in [0.5, 0.6) is 0 Å². The molecule has 0 atom stereocenters. The molecular formula is C19H14ClF2N5O2. The highest BCUT2D eigenvalue weighted by molar-refractivity contribution is 6.30. The van der Waals surface area contributed by atoms with E-state index in [1.54, 1.807) is 13.0 Å². The first-order valence-electron chi connectivity index (χ1n) is 8.18. The van der Waals surface area contributed by atoms with E-state index in [2.05, 4.69) is 15.3 Å². The van der Waals surface area contributed by atoms with Crippen LogP contribution in [-0.4, -0.2) is 21.8 Å². The van der Waals surface area contributed by atoms with Crippen molar-refractivity contribution in [3.05, 3.63) is 82.4 Å². The van der Waals surface area contributed by atoms with E-state index in [4.69, 9.17) is 17.4 Å². The Balaban J connectivity index is 1.87. The van der Waals surface area contributed by atoms with Crippen LogP contribution < -0.4 is 16.2 Å². The lowest BCUT2D eigenvalue weighted by Gasteiger charge is -2.17. The van der Waals surface area contributed by atoms with Crippen LogP contribution in [0.15, 0.2) is 49.1 Å². The lowest BCUT2D eigenvalue weighted by Crippen LogP contribution is -2.38. The number of nitrogens with two attached hydrogens (primary N) is 1. The number of amides is 2. The number of nitrogens with one attached hydrogen (secondary N) is 1. The number of carbonyl (C=O) groups excluding carboxylic acids is 2. The molecule has 0 saturated heterocycles. The first-order chi connectivity index (χ1) is 13.8. The zero-order valence-electron chi connectivity index (χ0n) is 15.0. The van der Waals surface area contributed by atoms with Gasteiger partial charge in [0.25, 0.3) is 11.8 Å². The van der Waals surface area contributed by atoms with E-state index in [-0.39, 0.29) is 16.9 Å². The number of halogens is 3. The van der Waals surface area contributed by atoms with E-state index in [1.165, 1.54) is 30.9 Å². The van der Waals surface area contributed by atoms with Crippen molar-refractivity contribution in [1.82, 2.24) is 9.97 Å². The zero-order chi connectivity index (χ0) is 21.1. The van der Waals surface area contributed by atoms with Gasteiger partial charge in [0.2, 0.25) is 0 Å². The van der Waals surface area contributed by atoms with Crippen LogP contribution in [0.2, 0.25) is 5.02 Å². The molecule has 0 aliphatic heterocycles. The first kappa shape index (κ1) is 20.3. The smallest absolute Gasteiger partial charge is 0.272 e. The predicted molar refractivity (Wildman–Crippen MR) is 104 cm³/mol. The lowest BCUT2D eigenvalue weighted by atomic mass is 10.1. The second kappa shape index (κ2) is 8.29. The molecule has 3 rings (SSSR count). The summed E-state index contributed by atoms with van der Waals surface area (Å²) < 4.78 is 27.5. The second-order valence-corrected chi connectivity index (χ2v) is 6.41.